The minimum absolute atomic E-state index is 0.0683. The zero-order valence-electron chi connectivity index (χ0n) is 12.8. The first-order valence-electron chi connectivity index (χ1n) is 6.57. The molecule has 0 spiro atoms. The molecule has 112 valence electrons. The van der Waals surface area contributed by atoms with Crippen molar-refractivity contribution in [2.45, 2.75) is 13.8 Å². The number of hydrogen-bond acceptors (Lipinski definition) is 4. The summed E-state index contributed by atoms with van der Waals surface area (Å²) in [4.78, 5) is 11.9. The van der Waals surface area contributed by atoms with Crippen LogP contribution in [0.1, 0.15) is 16.7 Å². The summed E-state index contributed by atoms with van der Waals surface area (Å²) in [6.07, 6.45) is 1.59. The Balaban J connectivity index is 3.01. The number of ether oxygens (including phenoxy) is 2. The zero-order chi connectivity index (χ0) is 15.8. The van der Waals surface area contributed by atoms with Crippen molar-refractivity contribution in [2.75, 3.05) is 27.4 Å². The van der Waals surface area contributed by atoms with E-state index < -0.39 is 5.91 Å². The van der Waals surface area contributed by atoms with Gasteiger partial charge < -0.3 is 14.8 Å². The van der Waals surface area contributed by atoms with E-state index in [0.717, 1.165) is 22.4 Å². The van der Waals surface area contributed by atoms with E-state index in [1.165, 1.54) is 0 Å². The van der Waals surface area contributed by atoms with E-state index in [0.29, 0.717) is 13.2 Å². The second-order valence-electron chi connectivity index (χ2n) is 4.60. The molecule has 0 fully saturated rings. The van der Waals surface area contributed by atoms with Crippen LogP contribution in [0.5, 0.6) is 5.75 Å². The summed E-state index contributed by atoms with van der Waals surface area (Å²) in [5.41, 5.74) is 2.78. The van der Waals surface area contributed by atoms with Gasteiger partial charge in [0.25, 0.3) is 5.91 Å². The maximum atomic E-state index is 11.9. The van der Waals surface area contributed by atoms with Crippen LogP contribution in [-0.4, -0.2) is 33.3 Å². The molecular weight excluding hydrogens is 268 g/mol. The molecular formula is C16H20N2O3. The largest absolute Gasteiger partial charge is 0.496 e. The SMILES string of the molecule is COCCNC(=O)/C(C#N)=C/c1cc(C)c(OC)cc1C. The number of nitrogens with one attached hydrogen (secondary N) is 1. The normalized spacial score (nSPS) is 10.9. The lowest BCUT2D eigenvalue weighted by Crippen LogP contribution is -2.27. The van der Waals surface area contributed by atoms with Crippen molar-refractivity contribution in [2.24, 2.45) is 0 Å². The van der Waals surface area contributed by atoms with E-state index >= 15 is 0 Å². The Morgan fingerprint density at radius 2 is 2.05 bits per heavy atom. The molecule has 1 amide bonds. The van der Waals surface area contributed by atoms with Crippen LogP contribution in [0.15, 0.2) is 17.7 Å². The van der Waals surface area contributed by atoms with Crippen LogP contribution < -0.4 is 10.1 Å². The van der Waals surface area contributed by atoms with Gasteiger partial charge in [-0.2, -0.15) is 5.26 Å². The number of hydrogen-bond donors (Lipinski definition) is 1. The molecule has 1 aromatic carbocycles. The first-order chi connectivity index (χ1) is 10.0. The summed E-state index contributed by atoms with van der Waals surface area (Å²) in [5.74, 6) is 0.384. The lowest BCUT2D eigenvalue weighted by Gasteiger charge is -2.09. The highest BCUT2D eigenvalue weighted by Gasteiger charge is 2.10. The summed E-state index contributed by atoms with van der Waals surface area (Å²) in [5, 5.41) is 11.8. The maximum absolute atomic E-state index is 11.9. The molecule has 0 heterocycles. The van der Waals surface area contributed by atoms with Crippen molar-refractivity contribution in [1.82, 2.24) is 5.32 Å². The maximum Gasteiger partial charge on any atom is 0.262 e. The summed E-state index contributed by atoms with van der Waals surface area (Å²) in [6, 6.07) is 5.71. The number of rotatable bonds is 6. The predicted octanol–water partition coefficient (Wildman–Crippen LogP) is 1.98. The molecule has 0 aliphatic carbocycles. The molecule has 1 rings (SSSR count). The fourth-order valence-corrected chi connectivity index (χ4v) is 1.85. The molecule has 5 nitrogen and oxygen atoms in total. The van der Waals surface area contributed by atoms with Gasteiger partial charge in [0, 0.05) is 13.7 Å². The smallest absolute Gasteiger partial charge is 0.262 e. The van der Waals surface area contributed by atoms with Gasteiger partial charge >= 0.3 is 0 Å². The third-order valence-electron chi connectivity index (χ3n) is 3.04. The topological polar surface area (TPSA) is 71.3 Å². The van der Waals surface area contributed by atoms with E-state index in [9.17, 15) is 4.79 Å². The molecule has 0 saturated heterocycles. The van der Waals surface area contributed by atoms with Crippen LogP contribution >= 0.6 is 0 Å². The Hall–Kier alpha value is -2.32. The minimum Gasteiger partial charge on any atom is -0.496 e. The molecule has 0 unspecified atom stereocenters. The molecule has 21 heavy (non-hydrogen) atoms. The Kier molecular flexibility index (Phi) is 6.44. The van der Waals surface area contributed by atoms with Crippen LogP contribution in [0.2, 0.25) is 0 Å². The van der Waals surface area contributed by atoms with Gasteiger partial charge in [0.1, 0.15) is 17.4 Å². The van der Waals surface area contributed by atoms with Gasteiger partial charge in [0.15, 0.2) is 0 Å². The standard InChI is InChI=1S/C16H20N2O3/c1-11-8-15(21-4)12(2)7-13(11)9-14(10-17)16(19)18-5-6-20-3/h7-9H,5-6H2,1-4H3,(H,18,19)/b14-9+. The molecule has 0 bridgehead atoms. The van der Waals surface area contributed by atoms with Crippen LogP contribution in [0.25, 0.3) is 6.08 Å². The number of carbonyl (C=O) groups is 1. The Morgan fingerprint density at radius 3 is 2.62 bits per heavy atom. The van der Waals surface area contributed by atoms with Crippen LogP contribution in [-0.2, 0) is 9.53 Å². The van der Waals surface area contributed by atoms with Crippen molar-refractivity contribution in [3.63, 3.8) is 0 Å². The van der Waals surface area contributed by atoms with Gasteiger partial charge in [-0.3, -0.25) is 4.79 Å². The number of aryl methyl sites for hydroxylation is 2. The lowest BCUT2D eigenvalue weighted by molar-refractivity contribution is -0.117. The van der Waals surface area contributed by atoms with Crippen molar-refractivity contribution in [1.29, 1.82) is 5.26 Å². The second-order valence-corrected chi connectivity index (χ2v) is 4.60. The van der Waals surface area contributed by atoms with E-state index in [4.69, 9.17) is 14.7 Å². The molecule has 1 N–H and O–H groups in total. The monoisotopic (exact) mass is 288 g/mol. The highest BCUT2D eigenvalue weighted by molar-refractivity contribution is 6.01. The number of amides is 1. The Bertz CT molecular complexity index is 586. The van der Waals surface area contributed by atoms with Crippen LogP contribution in [0.3, 0.4) is 0 Å². The van der Waals surface area contributed by atoms with Crippen molar-refractivity contribution >= 4 is 12.0 Å². The third kappa shape index (κ3) is 4.62. The molecule has 0 radical (unpaired) electrons. The average Bonchev–Trinajstić information content (AvgIpc) is 2.47. The summed E-state index contributed by atoms with van der Waals surface area (Å²) in [7, 11) is 3.16. The van der Waals surface area contributed by atoms with Gasteiger partial charge in [0.2, 0.25) is 0 Å². The fraction of sp³-hybridized carbons (Fsp3) is 0.375. The number of methoxy groups -OCH3 is 2. The van der Waals surface area contributed by atoms with E-state index in [1.54, 1.807) is 20.3 Å². The molecule has 0 saturated carbocycles. The van der Waals surface area contributed by atoms with Crippen molar-refractivity contribution < 1.29 is 14.3 Å². The quantitative estimate of drug-likeness (QED) is 0.493. The zero-order valence-corrected chi connectivity index (χ0v) is 12.8. The van der Waals surface area contributed by atoms with Gasteiger partial charge in [-0.15, -0.1) is 0 Å². The number of nitriles is 1. The molecule has 0 aliphatic rings. The highest BCUT2D eigenvalue weighted by atomic mass is 16.5. The summed E-state index contributed by atoms with van der Waals surface area (Å²) in [6.45, 7) is 4.60. The van der Waals surface area contributed by atoms with Gasteiger partial charge in [-0.05, 0) is 48.7 Å². The van der Waals surface area contributed by atoms with E-state index in [1.807, 2.05) is 32.0 Å². The van der Waals surface area contributed by atoms with Gasteiger partial charge in [-0.25, -0.2) is 0 Å². The minimum atomic E-state index is -0.401. The van der Waals surface area contributed by atoms with Crippen molar-refractivity contribution in [3.05, 3.63) is 34.4 Å². The third-order valence-corrected chi connectivity index (χ3v) is 3.04. The highest BCUT2D eigenvalue weighted by Crippen LogP contribution is 2.24. The molecule has 1 aromatic rings. The summed E-state index contributed by atoms with van der Waals surface area (Å²) >= 11 is 0. The van der Waals surface area contributed by atoms with E-state index in [2.05, 4.69) is 5.32 Å². The number of benzene rings is 1. The average molecular weight is 288 g/mol. The molecule has 5 heteroatoms. The predicted molar refractivity (Wildman–Crippen MR) is 80.9 cm³/mol. The van der Waals surface area contributed by atoms with Gasteiger partial charge in [0.05, 0.1) is 13.7 Å². The summed E-state index contributed by atoms with van der Waals surface area (Å²) < 4.78 is 10.1. The molecule has 0 atom stereocenters. The number of carbonyl (C=O) groups excluding carboxylic acids is 1. The van der Waals surface area contributed by atoms with Crippen LogP contribution in [0.4, 0.5) is 0 Å². The van der Waals surface area contributed by atoms with Crippen LogP contribution in [0, 0.1) is 25.2 Å². The second kappa shape index (κ2) is 8.08. The molecule has 0 aromatic heterocycles. The first kappa shape index (κ1) is 16.7. The van der Waals surface area contributed by atoms with Crippen molar-refractivity contribution in [3.8, 4) is 11.8 Å². The number of nitrogens with zero attached hydrogens (tertiary/aromatic N) is 1. The Labute approximate surface area is 125 Å². The van der Waals surface area contributed by atoms with E-state index in [-0.39, 0.29) is 5.57 Å². The lowest BCUT2D eigenvalue weighted by atomic mass is 10.0. The first-order valence-corrected chi connectivity index (χ1v) is 6.57. The van der Waals surface area contributed by atoms with Gasteiger partial charge in [-0.1, -0.05) is 0 Å². The fourth-order valence-electron chi connectivity index (χ4n) is 1.85. The Morgan fingerprint density at radius 1 is 1.33 bits per heavy atom. The molecule has 0 aliphatic heterocycles.